The maximum atomic E-state index is 12.5. The van der Waals surface area contributed by atoms with Crippen molar-refractivity contribution in [3.8, 4) is 5.75 Å². The highest BCUT2D eigenvalue weighted by Crippen LogP contribution is 2.21. The van der Waals surface area contributed by atoms with Crippen molar-refractivity contribution >= 4 is 0 Å². The van der Waals surface area contributed by atoms with E-state index < -0.39 is 11.8 Å². The average molecular weight is 407 g/mol. The Hall–Kier alpha value is -3.16. The fourth-order valence-corrected chi connectivity index (χ4v) is 3.95. The lowest BCUT2D eigenvalue weighted by Gasteiger charge is -2.30. The number of H-pyrrole nitrogens is 1. The molecule has 3 aromatic rings. The van der Waals surface area contributed by atoms with Gasteiger partial charge in [0, 0.05) is 31.7 Å². The van der Waals surface area contributed by atoms with E-state index in [4.69, 9.17) is 4.74 Å². The van der Waals surface area contributed by atoms with Crippen molar-refractivity contribution in [3.05, 3.63) is 97.8 Å². The molecule has 0 bridgehead atoms. The zero-order chi connectivity index (χ0) is 21.1. The van der Waals surface area contributed by atoms with Crippen LogP contribution in [0.25, 0.3) is 0 Å². The predicted octanol–water partition coefficient (Wildman–Crippen LogP) is 1.84. The van der Waals surface area contributed by atoms with Crippen LogP contribution in [0.4, 0.5) is 0 Å². The first-order valence-corrected chi connectivity index (χ1v) is 9.98. The molecular weight excluding hydrogens is 382 g/mol. The van der Waals surface area contributed by atoms with E-state index in [1.807, 2.05) is 18.2 Å². The fourth-order valence-electron chi connectivity index (χ4n) is 3.95. The van der Waals surface area contributed by atoms with Gasteiger partial charge in [0.2, 0.25) is 0 Å². The van der Waals surface area contributed by atoms with E-state index in [9.17, 15) is 14.7 Å². The highest BCUT2D eigenvalue weighted by Gasteiger charge is 2.24. The second-order valence-electron chi connectivity index (χ2n) is 7.53. The first-order chi connectivity index (χ1) is 14.5. The Kier molecular flexibility index (Phi) is 5.83. The van der Waals surface area contributed by atoms with Crippen molar-refractivity contribution in [1.29, 1.82) is 0 Å². The van der Waals surface area contributed by atoms with E-state index in [0.717, 1.165) is 13.1 Å². The van der Waals surface area contributed by atoms with Crippen LogP contribution in [0.3, 0.4) is 0 Å². The van der Waals surface area contributed by atoms with Gasteiger partial charge in [0.25, 0.3) is 5.56 Å². The van der Waals surface area contributed by atoms with Crippen LogP contribution >= 0.6 is 0 Å². The molecule has 0 radical (unpaired) electrons. The summed E-state index contributed by atoms with van der Waals surface area (Å²) in [6.45, 7) is 2.04. The number of ether oxygens (including phenoxy) is 1. The van der Waals surface area contributed by atoms with Crippen LogP contribution < -0.4 is 16.0 Å². The minimum Gasteiger partial charge on any atom is -0.497 e. The molecule has 2 aromatic carbocycles. The van der Waals surface area contributed by atoms with Gasteiger partial charge in [-0.05, 0) is 23.3 Å². The first-order valence-electron chi connectivity index (χ1n) is 9.98. The molecule has 1 aliphatic heterocycles. The first kappa shape index (κ1) is 20.1. The normalized spacial score (nSPS) is 14.9. The molecule has 1 aromatic heterocycles. The quantitative estimate of drug-likeness (QED) is 0.651. The second kappa shape index (κ2) is 8.69. The number of fused-ring (bicyclic) bond motifs is 1. The number of aliphatic hydroxyl groups is 1. The van der Waals surface area contributed by atoms with Gasteiger partial charge >= 0.3 is 5.69 Å². The van der Waals surface area contributed by atoms with E-state index in [1.54, 1.807) is 31.4 Å². The highest BCUT2D eigenvalue weighted by molar-refractivity contribution is 5.29. The molecule has 0 fully saturated rings. The lowest BCUT2D eigenvalue weighted by atomic mass is 10.0. The van der Waals surface area contributed by atoms with Crippen LogP contribution in [0.5, 0.6) is 5.75 Å². The number of aromatic amines is 1. The van der Waals surface area contributed by atoms with Gasteiger partial charge in [-0.2, -0.15) is 0 Å². The molecule has 1 aliphatic rings. The van der Waals surface area contributed by atoms with E-state index in [-0.39, 0.29) is 12.1 Å². The molecule has 7 nitrogen and oxygen atoms in total. The van der Waals surface area contributed by atoms with E-state index in [0.29, 0.717) is 35.5 Å². The fraction of sp³-hybridized carbons (Fsp3) is 0.304. The SMILES string of the molecule is COc1ccc(C(O)Cn2c3c(c(=O)[nH]c2=O)CN(Cc2ccccc2)CC3)cc1. The Bertz CT molecular complexity index is 1120. The number of rotatable bonds is 6. The molecule has 1 atom stereocenters. The van der Waals surface area contributed by atoms with Crippen LogP contribution in [-0.2, 0) is 26.1 Å². The van der Waals surface area contributed by atoms with Crippen LogP contribution in [-0.4, -0.2) is 33.2 Å². The number of benzene rings is 2. The number of aromatic nitrogens is 2. The molecule has 156 valence electrons. The summed E-state index contributed by atoms with van der Waals surface area (Å²) in [4.78, 5) is 29.6. The van der Waals surface area contributed by atoms with Crippen molar-refractivity contribution in [1.82, 2.24) is 14.5 Å². The van der Waals surface area contributed by atoms with Crippen LogP contribution in [0.15, 0.2) is 64.2 Å². The average Bonchev–Trinajstić information content (AvgIpc) is 2.77. The molecule has 2 heterocycles. The van der Waals surface area contributed by atoms with Gasteiger partial charge < -0.3 is 9.84 Å². The van der Waals surface area contributed by atoms with Crippen molar-refractivity contribution in [2.45, 2.75) is 32.2 Å². The third kappa shape index (κ3) is 4.22. The van der Waals surface area contributed by atoms with Gasteiger partial charge in [0.1, 0.15) is 5.75 Å². The van der Waals surface area contributed by atoms with Crippen molar-refractivity contribution < 1.29 is 9.84 Å². The summed E-state index contributed by atoms with van der Waals surface area (Å²) in [6, 6.07) is 17.2. The Morgan fingerprint density at radius 1 is 1.10 bits per heavy atom. The lowest BCUT2D eigenvalue weighted by Crippen LogP contribution is -2.43. The molecular formula is C23H25N3O4. The maximum Gasteiger partial charge on any atom is 0.328 e. The highest BCUT2D eigenvalue weighted by atomic mass is 16.5. The predicted molar refractivity (Wildman–Crippen MR) is 114 cm³/mol. The number of nitrogens with zero attached hydrogens (tertiary/aromatic N) is 2. The zero-order valence-electron chi connectivity index (χ0n) is 16.9. The van der Waals surface area contributed by atoms with Crippen molar-refractivity contribution in [2.75, 3.05) is 13.7 Å². The van der Waals surface area contributed by atoms with Gasteiger partial charge in [0.05, 0.1) is 25.3 Å². The molecule has 4 rings (SSSR count). The van der Waals surface area contributed by atoms with Gasteiger partial charge in [-0.1, -0.05) is 42.5 Å². The minimum atomic E-state index is -0.869. The number of hydrogen-bond acceptors (Lipinski definition) is 5. The Labute approximate surface area is 174 Å². The van der Waals surface area contributed by atoms with Crippen LogP contribution in [0.1, 0.15) is 28.5 Å². The van der Waals surface area contributed by atoms with Crippen LogP contribution in [0.2, 0.25) is 0 Å². The Morgan fingerprint density at radius 3 is 2.53 bits per heavy atom. The molecule has 0 aliphatic carbocycles. The van der Waals surface area contributed by atoms with E-state index >= 15 is 0 Å². The minimum absolute atomic E-state index is 0.0863. The number of methoxy groups -OCH3 is 1. The molecule has 0 saturated heterocycles. The molecule has 1 unspecified atom stereocenters. The molecule has 30 heavy (non-hydrogen) atoms. The monoisotopic (exact) mass is 407 g/mol. The summed E-state index contributed by atoms with van der Waals surface area (Å²) in [5.41, 5.74) is 2.34. The summed E-state index contributed by atoms with van der Waals surface area (Å²) in [6.07, 6.45) is -0.289. The Morgan fingerprint density at radius 2 is 1.83 bits per heavy atom. The van der Waals surface area contributed by atoms with Gasteiger partial charge in [0.15, 0.2) is 0 Å². The number of hydrogen-bond donors (Lipinski definition) is 2. The summed E-state index contributed by atoms with van der Waals surface area (Å²) >= 11 is 0. The molecule has 0 spiro atoms. The van der Waals surface area contributed by atoms with Crippen LogP contribution in [0, 0.1) is 0 Å². The standard InChI is InChI=1S/C23H25N3O4/c1-30-18-9-7-17(8-10-18)21(27)15-26-20-11-12-25(13-16-5-3-2-4-6-16)14-19(20)22(28)24-23(26)29/h2-10,21,27H,11-15H2,1H3,(H,24,28,29). The zero-order valence-corrected chi connectivity index (χ0v) is 16.9. The molecule has 0 saturated carbocycles. The maximum absolute atomic E-state index is 12.5. The topological polar surface area (TPSA) is 87.6 Å². The van der Waals surface area contributed by atoms with Crippen molar-refractivity contribution in [2.24, 2.45) is 0 Å². The van der Waals surface area contributed by atoms with Gasteiger partial charge in [-0.15, -0.1) is 0 Å². The number of nitrogens with one attached hydrogen (secondary N) is 1. The Balaban J connectivity index is 1.57. The van der Waals surface area contributed by atoms with Crippen molar-refractivity contribution in [3.63, 3.8) is 0 Å². The number of aliphatic hydroxyl groups excluding tert-OH is 1. The summed E-state index contributed by atoms with van der Waals surface area (Å²) < 4.78 is 6.65. The summed E-state index contributed by atoms with van der Waals surface area (Å²) in [5, 5.41) is 10.7. The largest absolute Gasteiger partial charge is 0.497 e. The summed E-state index contributed by atoms with van der Waals surface area (Å²) in [5.74, 6) is 0.697. The summed E-state index contributed by atoms with van der Waals surface area (Å²) in [7, 11) is 1.58. The lowest BCUT2D eigenvalue weighted by molar-refractivity contribution is 0.150. The molecule has 0 amide bonds. The van der Waals surface area contributed by atoms with Gasteiger partial charge in [-0.25, -0.2) is 4.79 Å². The van der Waals surface area contributed by atoms with Gasteiger partial charge in [-0.3, -0.25) is 19.2 Å². The van der Waals surface area contributed by atoms with E-state index in [1.165, 1.54) is 10.1 Å². The third-order valence-corrected chi connectivity index (χ3v) is 5.57. The molecule has 2 N–H and O–H groups in total. The third-order valence-electron chi connectivity index (χ3n) is 5.57. The smallest absolute Gasteiger partial charge is 0.328 e. The second-order valence-corrected chi connectivity index (χ2v) is 7.53. The molecule has 7 heteroatoms. The van der Waals surface area contributed by atoms with E-state index in [2.05, 4.69) is 22.0 Å².